The third-order valence-electron chi connectivity index (χ3n) is 2.98. The standard InChI is InChI=1S/C14H17N3O3/c1-8-10(3)20-13(17-8)7-15-12-6-5-11(9(2)16-12)14(18)19-4/h5-6H,7H2,1-4H3,(H,15,16). The number of esters is 1. The molecule has 0 saturated carbocycles. The number of hydrogen-bond acceptors (Lipinski definition) is 6. The van der Waals surface area contributed by atoms with Gasteiger partial charge in [0.05, 0.1) is 30.6 Å². The SMILES string of the molecule is COC(=O)c1ccc(NCc2nc(C)c(C)o2)nc1C. The van der Waals surface area contributed by atoms with E-state index in [1.54, 1.807) is 19.1 Å². The van der Waals surface area contributed by atoms with Crippen molar-refractivity contribution in [3.05, 3.63) is 40.7 Å². The van der Waals surface area contributed by atoms with Crippen molar-refractivity contribution in [3.63, 3.8) is 0 Å². The van der Waals surface area contributed by atoms with Crippen molar-refractivity contribution < 1.29 is 13.9 Å². The molecule has 0 aliphatic heterocycles. The molecule has 0 aromatic carbocycles. The molecule has 0 saturated heterocycles. The Morgan fingerprint density at radius 2 is 2.00 bits per heavy atom. The summed E-state index contributed by atoms with van der Waals surface area (Å²) in [4.78, 5) is 20.0. The van der Waals surface area contributed by atoms with Gasteiger partial charge in [-0.3, -0.25) is 0 Å². The maximum absolute atomic E-state index is 11.5. The largest absolute Gasteiger partial charge is 0.465 e. The molecule has 6 heteroatoms. The molecule has 0 bridgehead atoms. The highest BCUT2D eigenvalue weighted by Gasteiger charge is 2.11. The molecule has 0 spiro atoms. The van der Waals surface area contributed by atoms with Crippen LogP contribution >= 0.6 is 0 Å². The van der Waals surface area contributed by atoms with Crippen molar-refractivity contribution in [3.8, 4) is 0 Å². The summed E-state index contributed by atoms with van der Waals surface area (Å²) in [5, 5.41) is 3.11. The molecular formula is C14H17N3O3. The lowest BCUT2D eigenvalue weighted by Crippen LogP contribution is -2.08. The van der Waals surface area contributed by atoms with Gasteiger partial charge < -0.3 is 14.5 Å². The molecular weight excluding hydrogens is 258 g/mol. The Labute approximate surface area is 117 Å². The fourth-order valence-corrected chi connectivity index (χ4v) is 1.77. The van der Waals surface area contributed by atoms with Crippen LogP contribution in [0.15, 0.2) is 16.5 Å². The van der Waals surface area contributed by atoms with Gasteiger partial charge in [-0.2, -0.15) is 0 Å². The van der Waals surface area contributed by atoms with Crippen LogP contribution in [0.5, 0.6) is 0 Å². The first-order valence-electron chi connectivity index (χ1n) is 6.24. The molecule has 2 rings (SSSR count). The zero-order valence-corrected chi connectivity index (χ0v) is 12.0. The van der Waals surface area contributed by atoms with Gasteiger partial charge in [-0.05, 0) is 32.9 Å². The zero-order valence-electron chi connectivity index (χ0n) is 12.0. The first kappa shape index (κ1) is 14.0. The van der Waals surface area contributed by atoms with Crippen LogP contribution in [0, 0.1) is 20.8 Å². The van der Waals surface area contributed by atoms with E-state index < -0.39 is 0 Å². The third-order valence-corrected chi connectivity index (χ3v) is 2.98. The first-order valence-corrected chi connectivity index (χ1v) is 6.24. The highest BCUT2D eigenvalue weighted by atomic mass is 16.5. The Kier molecular flexibility index (Phi) is 4.02. The number of aromatic nitrogens is 2. The van der Waals surface area contributed by atoms with Crippen molar-refractivity contribution >= 4 is 11.8 Å². The van der Waals surface area contributed by atoms with Gasteiger partial charge in [0.25, 0.3) is 0 Å². The second kappa shape index (κ2) is 5.73. The first-order chi connectivity index (χ1) is 9.51. The highest BCUT2D eigenvalue weighted by Crippen LogP contribution is 2.14. The Morgan fingerprint density at radius 3 is 2.55 bits per heavy atom. The van der Waals surface area contributed by atoms with E-state index in [0.717, 1.165) is 11.5 Å². The quantitative estimate of drug-likeness (QED) is 0.863. The number of aryl methyl sites for hydroxylation is 3. The number of oxazole rings is 1. The summed E-state index contributed by atoms with van der Waals surface area (Å²) in [7, 11) is 1.35. The molecule has 2 aromatic heterocycles. The fourth-order valence-electron chi connectivity index (χ4n) is 1.77. The molecule has 106 valence electrons. The molecule has 0 radical (unpaired) electrons. The zero-order chi connectivity index (χ0) is 14.7. The van der Waals surface area contributed by atoms with E-state index in [0.29, 0.717) is 29.5 Å². The van der Waals surface area contributed by atoms with Crippen molar-refractivity contribution in [2.75, 3.05) is 12.4 Å². The van der Waals surface area contributed by atoms with Crippen molar-refractivity contribution in [1.82, 2.24) is 9.97 Å². The lowest BCUT2D eigenvalue weighted by Gasteiger charge is -2.07. The molecule has 0 aliphatic carbocycles. The van der Waals surface area contributed by atoms with Crippen LogP contribution in [0.4, 0.5) is 5.82 Å². The lowest BCUT2D eigenvalue weighted by atomic mass is 10.2. The Hall–Kier alpha value is -2.37. The minimum Gasteiger partial charge on any atom is -0.465 e. The molecule has 0 fully saturated rings. The number of methoxy groups -OCH3 is 1. The lowest BCUT2D eigenvalue weighted by molar-refractivity contribution is 0.0599. The molecule has 2 aromatic rings. The Morgan fingerprint density at radius 1 is 1.25 bits per heavy atom. The number of nitrogens with one attached hydrogen (secondary N) is 1. The van der Waals surface area contributed by atoms with Crippen LogP contribution in [0.1, 0.15) is 33.4 Å². The molecule has 0 unspecified atom stereocenters. The summed E-state index contributed by atoms with van der Waals surface area (Å²) in [5.74, 6) is 1.69. The van der Waals surface area contributed by atoms with E-state index in [4.69, 9.17) is 4.42 Å². The van der Waals surface area contributed by atoms with E-state index in [1.807, 2.05) is 13.8 Å². The Balaban J connectivity index is 2.07. The molecule has 0 atom stereocenters. The van der Waals surface area contributed by atoms with Crippen LogP contribution in [-0.2, 0) is 11.3 Å². The van der Waals surface area contributed by atoms with Gasteiger partial charge in [-0.25, -0.2) is 14.8 Å². The third kappa shape index (κ3) is 2.96. The number of nitrogens with zero attached hydrogens (tertiary/aromatic N) is 2. The van der Waals surface area contributed by atoms with Gasteiger partial charge in [-0.1, -0.05) is 0 Å². The number of anilines is 1. The number of rotatable bonds is 4. The molecule has 2 heterocycles. The molecule has 0 aliphatic rings. The molecule has 6 nitrogen and oxygen atoms in total. The van der Waals surface area contributed by atoms with Crippen LogP contribution in [-0.4, -0.2) is 23.0 Å². The summed E-state index contributed by atoms with van der Waals surface area (Å²) in [6.07, 6.45) is 0. The molecule has 1 N–H and O–H groups in total. The minimum absolute atomic E-state index is 0.388. The predicted octanol–water partition coefficient (Wildman–Crippen LogP) is 2.39. The van der Waals surface area contributed by atoms with Crippen molar-refractivity contribution in [2.24, 2.45) is 0 Å². The van der Waals surface area contributed by atoms with Gasteiger partial charge >= 0.3 is 5.97 Å². The van der Waals surface area contributed by atoms with E-state index in [2.05, 4.69) is 20.0 Å². The summed E-state index contributed by atoms with van der Waals surface area (Å²) >= 11 is 0. The van der Waals surface area contributed by atoms with Crippen LogP contribution in [0.3, 0.4) is 0 Å². The van der Waals surface area contributed by atoms with Gasteiger partial charge in [0.1, 0.15) is 11.6 Å². The van der Waals surface area contributed by atoms with Crippen LogP contribution in [0.2, 0.25) is 0 Å². The van der Waals surface area contributed by atoms with E-state index in [9.17, 15) is 4.79 Å². The van der Waals surface area contributed by atoms with Gasteiger partial charge in [-0.15, -0.1) is 0 Å². The van der Waals surface area contributed by atoms with Gasteiger partial charge in [0.2, 0.25) is 5.89 Å². The topological polar surface area (TPSA) is 77.2 Å². The summed E-state index contributed by atoms with van der Waals surface area (Å²) < 4.78 is 10.1. The van der Waals surface area contributed by atoms with E-state index >= 15 is 0 Å². The summed E-state index contributed by atoms with van der Waals surface area (Å²) in [5.41, 5.74) is 1.95. The minimum atomic E-state index is -0.388. The van der Waals surface area contributed by atoms with Gasteiger partial charge in [0, 0.05) is 0 Å². The maximum Gasteiger partial charge on any atom is 0.339 e. The smallest absolute Gasteiger partial charge is 0.339 e. The van der Waals surface area contributed by atoms with E-state index in [-0.39, 0.29) is 5.97 Å². The fraction of sp³-hybridized carbons (Fsp3) is 0.357. The average Bonchev–Trinajstić information content (AvgIpc) is 2.75. The number of carbonyl (C=O) groups excluding carboxylic acids is 1. The predicted molar refractivity (Wildman–Crippen MR) is 73.6 cm³/mol. The Bertz CT molecular complexity index is 615. The van der Waals surface area contributed by atoms with Crippen LogP contribution in [0.25, 0.3) is 0 Å². The maximum atomic E-state index is 11.5. The second-order valence-electron chi connectivity index (χ2n) is 4.42. The number of hydrogen-bond donors (Lipinski definition) is 1. The van der Waals surface area contributed by atoms with E-state index in [1.165, 1.54) is 7.11 Å². The molecule has 0 amide bonds. The number of ether oxygens (including phenoxy) is 1. The monoisotopic (exact) mass is 275 g/mol. The summed E-state index contributed by atoms with van der Waals surface area (Å²) in [6, 6.07) is 3.41. The highest BCUT2D eigenvalue weighted by molar-refractivity contribution is 5.90. The number of carbonyl (C=O) groups is 1. The normalized spacial score (nSPS) is 10.4. The van der Waals surface area contributed by atoms with Crippen LogP contribution < -0.4 is 5.32 Å². The van der Waals surface area contributed by atoms with Gasteiger partial charge in [0.15, 0.2) is 0 Å². The van der Waals surface area contributed by atoms with Crippen molar-refractivity contribution in [2.45, 2.75) is 27.3 Å². The summed E-state index contributed by atoms with van der Waals surface area (Å²) in [6.45, 7) is 5.98. The number of pyridine rings is 1. The van der Waals surface area contributed by atoms with Crippen molar-refractivity contribution in [1.29, 1.82) is 0 Å². The molecule has 20 heavy (non-hydrogen) atoms. The average molecular weight is 275 g/mol. The second-order valence-corrected chi connectivity index (χ2v) is 4.42.